The van der Waals surface area contributed by atoms with Crippen molar-refractivity contribution in [2.24, 2.45) is 5.41 Å². The average molecular weight is 394 g/mol. The van der Waals surface area contributed by atoms with Crippen molar-refractivity contribution < 1.29 is 9.53 Å². The number of hydrogen-bond acceptors (Lipinski definition) is 4. The highest BCUT2D eigenvalue weighted by Gasteiger charge is 2.39. The van der Waals surface area contributed by atoms with Gasteiger partial charge in [-0.1, -0.05) is 19.1 Å². The number of rotatable bonds is 4. The van der Waals surface area contributed by atoms with Gasteiger partial charge in [0.2, 0.25) is 0 Å². The molecule has 0 bridgehead atoms. The molecule has 2 aliphatic heterocycles. The van der Waals surface area contributed by atoms with Gasteiger partial charge in [0.15, 0.2) is 0 Å². The molecular weight excluding hydrogens is 362 g/mol. The zero-order valence-corrected chi connectivity index (χ0v) is 17.3. The van der Waals surface area contributed by atoms with Crippen LogP contribution in [0.3, 0.4) is 0 Å². The second-order valence-electron chi connectivity index (χ2n) is 8.46. The number of aryl methyl sites for hydroxylation is 1. The molecule has 5 heteroatoms. The molecule has 0 unspecified atom stereocenters. The Balaban J connectivity index is 1.38. The van der Waals surface area contributed by atoms with Crippen LogP contribution in [0.5, 0.6) is 0 Å². The Morgan fingerprint density at radius 3 is 2.45 bits per heavy atom. The lowest BCUT2D eigenvalue weighted by Gasteiger charge is -2.42. The fourth-order valence-electron chi connectivity index (χ4n) is 4.51. The molecule has 0 saturated carbocycles. The lowest BCUT2D eigenvalue weighted by molar-refractivity contribution is 0.0145. The number of benzene rings is 1. The monoisotopic (exact) mass is 393 g/mol. The molecule has 1 amide bonds. The Labute approximate surface area is 173 Å². The number of carbonyl (C=O) groups excluding carboxylic acids is 1. The van der Waals surface area contributed by atoms with Crippen LogP contribution in [0.1, 0.15) is 41.3 Å². The minimum absolute atomic E-state index is 0.145. The predicted molar refractivity (Wildman–Crippen MR) is 114 cm³/mol. The SMILES string of the molecule is CCc1ccc(C(=O)N2CCC3(CC2)COCCN(Cc2ccncc2)C3)cc1. The van der Waals surface area contributed by atoms with Crippen molar-refractivity contribution in [2.75, 3.05) is 39.4 Å². The maximum Gasteiger partial charge on any atom is 0.253 e. The zero-order valence-electron chi connectivity index (χ0n) is 17.3. The molecule has 0 radical (unpaired) electrons. The summed E-state index contributed by atoms with van der Waals surface area (Å²) < 4.78 is 6.00. The van der Waals surface area contributed by atoms with Gasteiger partial charge in [0.1, 0.15) is 0 Å². The molecule has 3 heterocycles. The van der Waals surface area contributed by atoms with E-state index in [1.165, 1.54) is 11.1 Å². The number of nitrogens with zero attached hydrogens (tertiary/aromatic N) is 3. The van der Waals surface area contributed by atoms with E-state index in [1.54, 1.807) is 0 Å². The minimum atomic E-state index is 0.145. The van der Waals surface area contributed by atoms with Crippen molar-refractivity contribution in [1.29, 1.82) is 0 Å². The van der Waals surface area contributed by atoms with Crippen LogP contribution in [0, 0.1) is 5.41 Å². The van der Waals surface area contributed by atoms with E-state index in [4.69, 9.17) is 4.74 Å². The van der Waals surface area contributed by atoms with E-state index in [2.05, 4.69) is 41.1 Å². The van der Waals surface area contributed by atoms with Gasteiger partial charge in [0.05, 0.1) is 13.2 Å². The Morgan fingerprint density at radius 2 is 1.76 bits per heavy atom. The van der Waals surface area contributed by atoms with Gasteiger partial charge in [-0.2, -0.15) is 0 Å². The summed E-state index contributed by atoms with van der Waals surface area (Å²) in [7, 11) is 0. The molecule has 2 aliphatic rings. The van der Waals surface area contributed by atoms with Gasteiger partial charge >= 0.3 is 0 Å². The number of carbonyl (C=O) groups is 1. The molecule has 2 fully saturated rings. The summed E-state index contributed by atoms with van der Waals surface area (Å²) in [5.74, 6) is 0.158. The second-order valence-corrected chi connectivity index (χ2v) is 8.46. The van der Waals surface area contributed by atoms with Crippen LogP contribution >= 0.6 is 0 Å². The number of likely N-dealkylation sites (tertiary alicyclic amines) is 1. The van der Waals surface area contributed by atoms with Crippen LogP contribution in [-0.2, 0) is 17.7 Å². The van der Waals surface area contributed by atoms with Crippen LogP contribution in [0.25, 0.3) is 0 Å². The normalized spacial score (nSPS) is 19.8. The van der Waals surface area contributed by atoms with Gasteiger partial charge in [0.25, 0.3) is 5.91 Å². The Morgan fingerprint density at radius 1 is 1.03 bits per heavy atom. The molecular formula is C24H31N3O2. The summed E-state index contributed by atoms with van der Waals surface area (Å²) in [6, 6.07) is 12.2. The molecule has 0 atom stereocenters. The smallest absolute Gasteiger partial charge is 0.253 e. The number of hydrogen-bond donors (Lipinski definition) is 0. The van der Waals surface area contributed by atoms with Crippen LogP contribution in [-0.4, -0.2) is 60.1 Å². The van der Waals surface area contributed by atoms with Crippen molar-refractivity contribution >= 4 is 5.91 Å². The van der Waals surface area contributed by atoms with Crippen molar-refractivity contribution in [3.05, 3.63) is 65.5 Å². The molecule has 0 aliphatic carbocycles. The van der Waals surface area contributed by atoms with Gasteiger partial charge < -0.3 is 9.64 Å². The Bertz CT molecular complexity index is 799. The maximum absolute atomic E-state index is 12.9. The van der Waals surface area contributed by atoms with Crippen molar-refractivity contribution in [1.82, 2.24) is 14.8 Å². The molecule has 1 aromatic heterocycles. The maximum atomic E-state index is 12.9. The predicted octanol–water partition coefficient (Wildman–Crippen LogP) is 3.40. The quantitative estimate of drug-likeness (QED) is 0.799. The highest BCUT2D eigenvalue weighted by molar-refractivity contribution is 5.94. The third-order valence-electron chi connectivity index (χ3n) is 6.40. The van der Waals surface area contributed by atoms with Gasteiger partial charge in [-0.05, 0) is 54.7 Å². The molecule has 1 spiro atoms. The Kier molecular flexibility index (Phi) is 6.26. The first kappa shape index (κ1) is 20.0. The first-order chi connectivity index (χ1) is 14.2. The Hall–Kier alpha value is -2.24. The number of pyridine rings is 1. The van der Waals surface area contributed by atoms with Crippen molar-refractivity contribution in [3.63, 3.8) is 0 Å². The van der Waals surface area contributed by atoms with Gasteiger partial charge in [-0.15, -0.1) is 0 Å². The van der Waals surface area contributed by atoms with E-state index in [-0.39, 0.29) is 11.3 Å². The van der Waals surface area contributed by atoms with E-state index in [0.29, 0.717) is 0 Å². The number of aromatic nitrogens is 1. The lowest BCUT2D eigenvalue weighted by atomic mass is 9.78. The third-order valence-corrected chi connectivity index (χ3v) is 6.40. The first-order valence-electron chi connectivity index (χ1n) is 10.7. The summed E-state index contributed by atoms with van der Waals surface area (Å²) in [6.45, 7) is 8.24. The van der Waals surface area contributed by atoms with Crippen LogP contribution in [0.4, 0.5) is 0 Å². The lowest BCUT2D eigenvalue weighted by Crippen LogP contribution is -2.48. The number of piperidine rings is 1. The van der Waals surface area contributed by atoms with Crippen LogP contribution in [0.2, 0.25) is 0 Å². The van der Waals surface area contributed by atoms with Gasteiger partial charge in [0, 0.05) is 56.1 Å². The van der Waals surface area contributed by atoms with Crippen LogP contribution < -0.4 is 0 Å². The molecule has 5 nitrogen and oxygen atoms in total. The molecule has 154 valence electrons. The fraction of sp³-hybridized carbons (Fsp3) is 0.500. The zero-order chi connectivity index (χ0) is 20.1. The van der Waals surface area contributed by atoms with E-state index >= 15 is 0 Å². The topological polar surface area (TPSA) is 45.7 Å². The highest BCUT2D eigenvalue weighted by Crippen LogP contribution is 2.35. The minimum Gasteiger partial charge on any atom is -0.379 e. The second kappa shape index (κ2) is 9.06. The molecule has 29 heavy (non-hydrogen) atoms. The van der Waals surface area contributed by atoms with Gasteiger partial charge in [-0.3, -0.25) is 14.7 Å². The fourth-order valence-corrected chi connectivity index (χ4v) is 4.51. The standard InChI is InChI=1S/C24H31N3O2/c1-2-20-3-5-22(6-4-20)23(28)27-13-9-24(10-14-27)18-26(15-16-29-19-24)17-21-7-11-25-12-8-21/h3-8,11-12H,2,9-10,13-19H2,1H3. The molecule has 4 rings (SSSR count). The summed E-state index contributed by atoms with van der Waals surface area (Å²) in [5.41, 5.74) is 3.51. The van der Waals surface area contributed by atoms with E-state index in [0.717, 1.165) is 70.8 Å². The van der Waals surface area contributed by atoms with Crippen molar-refractivity contribution in [3.8, 4) is 0 Å². The molecule has 0 N–H and O–H groups in total. The van der Waals surface area contributed by atoms with E-state index in [1.807, 2.05) is 29.4 Å². The molecule has 1 aromatic carbocycles. The van der Waals surface area contributed by atoms with Crippen LogP contribution in [0.15, 0.2) is 48.8 Å². The highest BCUT2D eigenvalue weighted by atomic mass is 16.5. The van der Waals surface area contributed by atoms with E-state index in [9.17, 15) is 4.79 Å². The summed E-state index contributed by atoms with van der Waals surface area (Å²) >= 11 is 0. The van der Waals surface area contributed by atoms with E-state index < -0.39 is 0 Å². The summed E-state index contributed by atoms with van der Waals surface area (Å²) in [6.07, 6.45) is 6.71. The number of amides is 1. The largest absolute Gasteiger partial charge is 0.379 e. The third kappa shape index (κ3) is 4.85. The van der Waals surface area contributed by atoms with Gasteiger partial charge in [-0.25, -0.2) is 0 Å². The average Bonchev–Trinajstić information content (AvgIpc) is 2.96. The first-order valence-corrected chi connectivity index (χ1v) is 10.7. The summed E-state index contributed by atoms with van der Waals surface area (Å²) in [5, 5.41) is 0. The van der Waals surface area contributed by atoms with Crippen molar-refractivity contribution in [2.45, 2.75) is 32.7 Å². The summed E-state index contributed by atoms with van der Waals surface area (Å²) in [4.78, 5) is 21.6. The molecule has 2 saturated heterocycles. The molecule has 2 aromatic rings. The number of ether oxygens (including phenoxy) is 1.